The molecule has 3 rings (SSSR count). The van der Waals surface area contributed by atoms with Crippen molar-refractivity contribution in [1.29, 1.82) is 0 Å². The second kappa shape index (κ2) is 3.70. The van der Waals surface area contributed by atoms with E-state index in [-0.39, 0.29) is 5.41 Å². The van der Waals surface area contributed by atoms with Gasteiger partial charge in [0.25, 0.3) is 0 Å². The molecule has 2 unspecified atom stereocenters. The highest BCUT2D eigenvalue weighted by molar-refractivity contribution is 5.42. The largest absolute Gasteiger partial charge is 0.367 e. The lowest BCUT2D eigenvalue weighted by atomic mass is 9.63. The van der Waals surface area contributed by atoms with Crippen molar-refractivity contribution in [3.05, 3.63) is 23.4 Å². The summed E-state index contributed by atoms with van der Waals surface area (Å²) in [6.45, 7) is 4.46. The van der Waals surface area contributed by atoms with Crippen molar-refractivity contribution < 1.29 is 0 Å². The Morgan fingerprint density at radius 3 is 2.88 bits per heavy atom. The molecule has 3 nitrogen and oxygen atoms in total. The SMILES string of the molecule is CC1(C)C(N)CC1Nc1ccc2c(n1)CCC2. The van der Waals surface area contributed by atoms with Gasteiger partial charge in [0.15, 0.2) is 0 Å². The third-order valence-electron chi connectivity index (χ3n) is 4.59. The Morgan fingerprint density at radius 2 is 2.18 bits per heavy atom. The van der Waals surface area contributed by atoms with Gasteiger partial charge in [0, 0.05) is 23.2 Å². The Morgan fingerprint density at radius 1 is 1.35 bits per heavy atom. The van der Waals surface area contributed by atoms with Gasteiger partial charge in [0.2, 0.25) is 0 Å². The Bertz CT molecular complexity index is 439. The highest BCUT2D eigenvalue weighted by Crippen LogP contribution is 2.40. The topological polar surface area (TPSA) is 50.9 Å². The van der Waals surface area contributed by atoms with Crippen LogP contribution in [0.5, 0.6) is 0 Å². The summed E-state index contributed by atoms with van der Waals surface area (Å²) in [5.41, 5.74) is 8.93. The van der Waals surface area contributed by atoms with Crippen molar-refractivity contribution >= 4 is 5.82 Å². The van der Waals surface area contributed by atoms with Gasteiger partial charge in [-0.2, -0.15) is 0 Å². The molecule has 92 valence electrons. The zero-order valence-electron chi connectivity index (χ0n) is 10.7. The lowest BCUT2D eigenvalue weighted by molar-refractivity contribution is 0.117. The monoisotopic (exact) mass is 231 g/mol. The van der Waals surface area contributed by atoms with Gasteiger partial charge in [-0.3, -0.25) is 0 Å². The van der Waals surface area contributed by atoms with Crippen LogP contribution < -0.4 is 11.1 Å². The average Bonchev–Trinajstić information content (AvgIpc) is 2.76. The van der Waals surface area contributed by atoms with E-state index in [0.29, 0.717) is 12.1 Å². The van der Waals surface area contributed by atoms with E-state index >= 15 is 0 Å². The fraction of sp³-hybridized carbons (Fsp3) is 0.643. The summed E-state index contributed by atoms with van der Waals surface area (Å²) in [5.74, 6) is 1.02. The van der Waals surface area contributed by atoms with Crippen molar-refractivity contribution in [2.45, 2.75) is 51.6 Å². The summed E-state index contributed by atoms with van der Waals surface area (Å²) >= 11 is 0. The maximum atomic E-state index is 6.03. The number of rotatable bonds is 2. The van der Waals surface area contributed by atoms with Crippen molar-refractivity contribution in [3.63, 3.8) is 0 Å². The smallest absolute Gasteiger partial charge is 0.126 e. The van der Waals surface area contributed by atoms with Gasteiger partial charge in [-0.05, 0) is 37.3 Å². The standard InChI is InChI=1S/C14H21N3/c1-14(2)11(15)8-12(14)17-13-7-6-9-4-3-5-10(9)16-13/h6-7,11-12H,3-5,8,15H2,1-2H3,(H,16,17). The van der Waals surface area contributed by atoms with Crippen LogP contribution in [-0.4, -0.2) is 17.1 Å². The van der Waals surface area contributed by atoms with E-state index in [1.807, 2.05) is 0 Å². The van der Waals surface area contributed by atoms with Crippen LogP contribution in [0.2, 0.25) is 0 Å². The van der Waals surface area contributed by atoms with Crippen molar-refractivity contribution in [1.82, 2.24) is 4.98 Å². The number of nitrogens with two attached hydrogens (primary N) is 1. The second-order valence-electron chi connectivity index (χ2n) is 6.02. The first kappa shape index (κ1) is 11.0. The van der Waals surface area contributed by atoms with Crippen molar-refractivity contribution in [3.8, 4) is 0 Å². The number of nitrogens with one attached hydrogen (secondary N) is 1. The zero-order chi connectivity index (χ0) is 12.0. The first-order valence-electron chi connectivity index (χ1n) is 6.58. The zero-order valence-corrected chi connectivity index (χ0v) is 10.7. The summed E-state index contributed by atoms with van der Waals surface area (Å²) in [6.07, 6.45) is 4.64. The number of aromatic nitrogens is 1. The number of fused-ring (bicyclic) bond motifs is 1. The molecular weight excluding hydrogens is 210 g/mol. The number of aryl methyl sites for hydroxylation is 2. The minimum atomic E-state index is 0.181. The number of hydrogen-bond acceptors (Lipinski definition) is 3. The van der Waals surface area contributed by atoms with Gasteiger partial charge in [0.1, 0.15) is 5.82 Å². The Balaban J connectivity index is 1.74. The fourth-order valence-corrected chi connectivity index (χ4v) is 2.88. The molecule has 2 aliphatic carbocycles. The molecule has 0 amide bonds. The molecule has 1 fully saturated rings. The lowest BCUT2D eigenvalue weighted by Gasteiger charge is -2.50. The number of hydrogen-bond donors (Lipinski definition) is 2. The average molecular weight is 231 g/mol. The van der Waals surface area contributed by atoms with Crippen LogP contribution in [-0.2, 0) is 12.8 Å². The Kier molecular flexibility index (Phi) is 2.40. The van der Waals surface area contributed by atoms with Crippen LogP contribution in [0.1, 0.15) is 37.9 Å². The molecule has 0 aromatic carbocycles. The predicted molar refractivity (Wildman–Crippen MR) is 70.0 cm³/mol. The second-order valence-corrected chi connectivity index (χ2v) is 6.02. The van der Waals surface area contributed by atoms with Crippen LogP contribution in [0.4, 0.5) is 5.82 Å². The van der Waals surface area contributed by atoms with Crippen LogP contribution in [0, 0.1) is 5.41 Å². The quantitative estimate of drug-likeness (QED) is 0.819. The van der Waals surface area contributed by atoms with Crippen LogP contribution >= 0.6 is 0 Å². The number of pyridine rings is 1. The highest BCUT2D eigenvalue weighted by Gasteiger charge is 2.46. The third-order valence-corrected chi connectivity index (χ3v) is 4.59. The molecule has 2 atom stereocenters. The minimum absolute atomic E-state index is 0.181. The fourth-order valence-electron chi connectivity index (χ4n) is 2.88. The first-order chi connectivity index (χ1) is 8.07. The molecule has 1 aromatic rings. The normalized spacial score (nSPS) is 29.6. The Labute approximate surface area is 103 Å². The van der Waals surface area contributed by atoms with Crippen LogP contribution in [0.25, 0.3) is 0 Å². The van der Waals surface area contributed by atoms with E-state index in [1.54, 1.807) is 0 Å². The third kappa shape index (κ3) is 1.73. The molecule has 1 aromatic heterocycles. The molecule has 1 saturated carbocycles. The molecule has 2 aliphatic rings. The molecule has 0 aliphatic heterocycles. The van der Waals surface area contributed by atoms with Crippen LogP contribution in [0.15, 0.2) is 12.1 Å². The summed E-state index contributed by atoms with van der Waals surface area (Å²) in [5, 5.41) is 3.54. The van der Waals surface area contributed by atoms with E-state index in [2.05, 4.69) is 31.3 Å². The van der Waals surface area contributed by atoms with E-state index < -0.39 is 0 Å². The first-order valence-corrected chi connectivity index (χ1v) is 6.58. The molecule has 17 heavy (non-hydrogen) atoms. The predicted octanol–water partition coefficient (Wildman–Crippen LogP) is 2.11. The van der Waals surface area contributed by atoms with Crippen molar-refractivity contribution in [2.75, 3.05) is 5.32 Å². The molecule has 0 spiro atoms. The molecule has 3 heteroatoms. The van der Waals surface area contributed by atoms with E-state index in [9.17, 15) is 0 Å². The van der Waals surface area contributed by atoms with E-state index in [0.717, 1.165) is 18.7 Å². The summed E-state index contributed by atoms with van der Waals surface area (Å²) in [7, 11) is 0. The Hall–Kier alpha value is -1.09. The van der Waals surface area contributed by atoms with Crippen LogP contribution in [0.3, 0.4) is 0 Å². The molecule has 1 heterocycles. The van der Waals surface area contributed by atoms with Gasteiger partial charge in [-0.25, -0.2) is 4.98 Å². The van der Waals surface area contributed by atoms with E-state index in [4.69, 9.17) is 10.7 Å². The lowest BCUT2D eigenvalue weighted by Crippen LogP contribution is -2.61. The number of nitrogens with zero attached hydrogens (tertiary/aromatic N) is 1. The molecule has 0 bridgehead atoms. The van der Waals surface area contributed by atoms with Gasteiger partial charge < -0.3 is 11.1 Å². The molecule has 0 saturated heterocycles. The van der Waals surface area contributed by atoms with E-state index in [1.165, 1.54) is 24.1 Å². The summed E-state index contributed by atoms with van der Waals surface area (Å²) in [4.78, 5) is 4.71. The minimum Gasteiger partial charge on any atom is -0.367 e. The van der Waals surface area contributed by atoms with Gasteiger partial charge >= 0.3 is 0 Å². The molecule has 0 radical (unpaired) electrons. The van der Waals surface area contributed by atoms with Gasteiger partial charge in [-0.15, -0.1) is 0 Å². The van der Waals surface area contributed by atoms with Gasteiger partial charge in [0.05, 0.1) is 0 Å². The highest BCUT2D eigenvalue weighted by atomic mass is 15.1. The van der Waals surface area contributed by atoms with Crippen molar-refractivity contribution in [2.24, 2.45) is 11.1 Å². The van der Waals surface area contributed by atoms with Gasteiger partial charge in [-0.1, -0.05) is 19.9 Å². The maximum Gasteiger partial charge on any atom is 0.126 e. The molecule has 3 N–H and O–H groups in total. The number of anilines is 1. The summed E-state index contributed by atoms with van der Waals surface area (Å²) < 4.78 is 0. The maximum absolute atomic E-state index is 6.03. The summed E-state index contributed by atoms with van der Waals surface area (Å²) in [6, 6.07) is 5.12. The molecular formula is C14H21N3.